The number of carbonyl (C=O) groups excluding carboxylic acids is 1. The number of ether oxygens (including phenoxy) is 1. The van der Waals surface area contributed by atoms with E-state index in [1.165, 1.54) is 11.3 Å². The van der Waals surface area contributed by atoms with Gasteiger partial charge in [0.05, 0.1) is 23.6 Å². The van der Waals surface area contributed by atoms with Crippen LogP contribution in [0.15, 0.2) is 12.1 Å². The number of rotatable bonds is 4. The number of nitrogens with zero attached hydrogens (tertiary/aromatic N) is 1. The molecule has 5 nitrogen and oxygen atoms in total. The second-order valence-electron chi connectivity index (χ2n) is 4.12. The number of primary amides is 1. The lowest BCUT2D eigenvalue weighted by Crippen LogP contribution is -2.54. The van der Waals surface area contributed by atoms with E-state index in [0.29, 0.717) is 30.6 Å². The van der Waals surface area contributed by atoms with Gasteiger partial charge in [0.15, 0.2) is 0 Å². The Morgan fingerprint density at radius 2 is 2.44 bits per heavy atom. The Labute approximate surface area is 115 Å². The van der Waals surface area contributed by atoms with Gasteiger partial charge in [-0.15, -0.1) is 11.3 Å². The molecule has 0 aliphatic carbocycles. The highest BCUT2D eigenvalue weighted by atomic mass is 35.5. The van der Waals surface area contributed by atoms with Gasteiger partial charge in [-0.3, -0.25) is 9.69 Å². The first kappa shape index (κ1) is 13.8. The van der Waals surface area contributed by atoms with Crippen LogP contribution in [0.3, 0.4) is 0 Å². The summed E-state index contributed by atoms with van der Waals surface area (Å²) in [6, 6.07) is 3.32. The molecule has 0 bridgehead atoms. The highest BCUT2D eigenvalue weighted by molar-refractivity contribution is 7.16. The van der Waals surface area contributed by atoms with Crippen LogP contribution in [0.25, 0.3) is 0 Å². The topological polar surface area (TPSA) is 81.6 Å². The van der Waals surface area contributed by atoms with Crippen LogP contribution in [0.5, 0.6) is 0 Å². The minimum atomic E-state index is -0.423. The molecule has 0 radical (unpaired) electrons. The first-order valence-corrected chi connectivity index (χ1v) is 6.91. The summed E-state index contributed by atoms with van der Waals surface area (Å²) in [6.45, 7) is 1.97. The Bertz CT molecular complexity index is 426. The summed E-state index contributed by atoms with van der Waals surface area (Å²) >= 11 is 7.42. The predicted molar refractivity (Wildman–Crippen MR) is 71.6 cm³/mol. The van der Waals surface area contributed by atoms with E-state index in [-0.39, 0.29) is 11.9 Å². The van der Waals surface area contributed by atoms with E-state index in [4.69, 9.17) is 27.8 Å². The number of hydrogen-bond donors (Lipinski definition) is 2. The third kappa shape index (κ3) is 2.84. The molecule has 4 N–H and O–H groups in total. The number of halogens is 1. The van der Waals surface area contributed by atoms with Crippen molar-refractivity contribution in [3.8, 4) is 0 Å². The van der Waals surface area contributed by atoms with E-state index < -0.39 is 6.04 Å². The van der Waals surface area contributed by atoms with E-state index in [0.717, 1.165) is 4.88 Å². The molecule has 2 atom stereocenters. The number of amides is 1. The average molecular weight is 290 g/mol. The van der Waals surface area contributed by atoms with Crippen LogP contribution in [-0.2, 0) is 9.53 Å². The van der Waals surface area contributed by atoms with Crippen molar-refractivity contribution in [2.75, 3.05) is 26.3 Å². The van der Waals surface area contributed by atoms with E-state index in [2.05, 4.69) is 0 Å². The van der Waals surface area contributed by atoms with Gasteiger partial charge in [0.25, 0.3) is 0 Å². The van der Waals surface area contributed by atoms with Gasteiger partial charge in [-0.25, -0.2) is 0 Å². The van der Waals surface area contributed by atoms with Crippen molar-refractivity contribution in [3.63, 3.8) is 0 Å². The molecule has 1 aliphatic rings. The Morgan fingerprint density at radius 3 is 3.00 bits per heavy atom. The van der Waals surface area contributed by atoms with E-state index in [1.807, 2.05) is 17.0 Å². The summed E-state index contributed by atoms with van der Waals surface area (Å²) in [4.78, 5) is 14.5. The smallest absolute Gasteiger partial charge is 0.237 e. The zero-order chi connectivity index (χ0) is 13.1. The number of morpholine rings is 1. The maximum Gasteiger partial charge on any atom is 0.237 e. The molecule has 2 rings (SSSR count). The molecular weight excluding hydrogens is 274 g/mol. The SMILES string of the molecule is NCC(c1ccc(Cl)s1)N1CCOCC1C(N)=O. The molecule has 1 aromatic heterocycles. The fourth-order valence-corrected chi connectivity index (χ4v) is 3.35. The van der Waals surface area contributed by atoms with Crippen molar-refractivity contribution >= 4 is 28.8 Å². The lowest BCUT2D eigenvalue weighted by Gasteiger charge is -2.38. The molecule has 2 heterocycles. The maximum atomic E-state index is 11.5. The Balaban J connectivity index is 2.22. The van der Waals surface area contributed by atoms with E-state index in [9.17, 15) is 4.79 Å². The Hall–Kier alpha value is -0.660. The van der Waals surface area contributed by atoms with Crippen molar-refractivity contribution in [2.24, 2.45) is 11.5 Å². The van der Waals surface area contributed by atoms with Gasteiger partial charge < -0.3 is 16.2 Å². The van der Waals surface area contributed by atoms with Crippen LogP contribution >= 0.6 is 22.9 Å². The molecular formula is C11H16ClN3O2S. The summed E-state index contributed by atoms with van der Waals surface area (Å²) in [5, 5.41) is 0. The van der Waals surface area contributed by atoms with Crippen LogP contribution in [-0.4, -0.2) is 43.2 Å². The van der Waals surface area contributed by atoms with Gasteiger partial charge in [-0.05, 0) is 12.1 Å². The molecule has 18 heavy (non-hydrogen) atoms. The first-order valence-electron chi connectivity index (χ1n) is 5.71. The van der Waals surface area contributed by atoms with Crippen molar-refractivity contribution in [3.05, 3.63) is 21.3 Å². The average Bonchev–Trinajstić information content (AvgIpc) is 2.77. The van der Waals surface area contributed by atoms with E-state index >= 15 is 0 Å². The number of hydrogen-bond acceptors (Lipinski definition) is 5. The van der Waals surface area contributed by atoms with Crippen molar-refractivity contribution in [1.82, 2.24) is 4.90 Å². The highest BCUT2D eigenvalue weighted by Gasteiger charge is 2.33. The summed E-state index contributed by atoms with van der Waals surface area (Å²) in [5.41, 5.74) is 11.2. The molecule has 1 aromatic rings. The van der Waals surface area contributed by atoms with Gasteiger partial charge in [0, 0.05) is 18.0 Å². The van der Waals surface area contributed by atoms with Gasteiger partial charge in [0.2, 0.25) is 5.91 Å². The van der Waals surface area contributed by atoms with Crippen LogP contribution in [0.4, 0.5) is 0 Å². The fraction of sp³-hybridized carbons (Fsp3) is 0.545. The zero-order valence-electron chi connectivity index (χ0n) is 9.84. The number of thiophene rings is 1. The van der Waals surface area contributed by atoms with Gasteiger partial charge in [-0.2, -0.15) is 0 Å². The minimum Gasteiger partial charge on any atom is -0.378 e. The third-order valence-electron chi connectivity index (χ3n) is 3.04. The molecule has 0 spiro atoms. The summed E-state index contributed by atoms with van der Waals surface area (Å²) in [6.07, 6.45) is 0. The van der Waals surface area contributed by atoms with Gasteiger partial charge in [-0.1, -0.05) is 11.6 Å². The standard InChI is InChI=1S/C11H16ClN3O2S/c12-10-2-1-9(18-10)7(5-13)15-3-4-17-6-8(15)11(14)16/h1-2,7-8H,3-6,13H2,(H2,14,16). The number of carbonyl (C=O) groups is 1. The fourth-order valence-electron chi connectivity index (χ4n) is 2.16. The van der Waals surface area contributed by atoms with Gasteiger partial charge in [0.1, 0.15) is 6.04 Å². The van der Waals surface area contributed by atoms with Crippen LogP contribution < -0.4 is 11.5 Å². The van der Waals surface area contributed by atoms with Crippen molar-refractivity contribution in [1.29, 1.82) is 0 Å². The van der Waals surface area contributed by atoms with Crippen LogP contribution in [0.1, 0.15) is 10.9 Å². The molecule has 1 amide bonds. The largest absolute Gasteiger partial charge is 0.378 e. The molecule has 1 saturated heterocycles. The zero-order valence-corrected chi connectivity index (χ0v) is 11.4. The minimum absolute atomic E-state index is 0.0381. The number of nitrogens with two attached hydrogens (primary N) is 2. The van der Waals surface area contributed by atoms with Crippen LogP contribution in [0, 0.1) is 0 Å². The van der Waals surface area contributed by atoms with Crippen molar-refractivity contribution < 1.29 is 9.53 Å². The first-order chi connectivity index (χ1) is 8.63. The normalized spacial score (nSPS) is 22.9. The summed E-state index contributed by atoms with van der Waals surface area (Å²) < 4.78 is 6.02. The molecule has 1 aliphatic heterocycles. The molecule has 0 saturated carbocycles. The van der Waals surface area contributed by atoms with E-state index in [1.54, 1.807) is 0 Å². The molecule has 2 unspecified atom stereocenters. The molecule has 0 aromatic carbocycles. The highest BCUT2D eigenvalue weighted by Crippen LogP contribution is 2.31. The van der Waals surface area contributed by atoms with Crippen LogP contribution in [0.2, 0.25) is 4.34 Å². The Morgan fingerprint density at radius 1 is 1.67 bits per heavy atom. The lowest BCUT2D eigenvalue weighted by molar-refractivity contribution is -0.131. The quantitative estimate of drug-likeness (QED) is 0.850. The lowest BCUT2D eigenvalue weighted by atomic mass is 10.1. The monoisotopic (exact) mass is 289 g/mol. The molecule has 7 heteroatoms. The van der Waals surface area contributed by atoms with Crippen molar-refractivity contribution in [2.45, 2.75) is 12.1 Å². The second-order valence-corrected chi connectivity index (χ2v) is 5.87. The third-order valence-corrected chi connectivity index (χ3v) is 4.38. The summed E-state index contributed by atoms with van der Waals surface area (Å²) in [5.74, 6) is -0.379. The Kier molecular flexibility index (Phi) is 4.58. The molecule has 1 fully saturated rings. The maximum absolute atomic E-state index is 11.5. The summed E-state index contributed by atoms with van der Waals surface area (Å²) in [7, 11) is 0. The van der Waals surface area contributed by atoms with Gasteiger partial charge >= 0.3 is 0 Å². The predicted octanol–water partition coefficient (Wildman–Crippen LogP) is 0.587. The molecule has 100 valence electrons. The second kappa shape index (κ2) is 5.99.